The standard InChI is InChI=1S/C26H34N3O2/c1-19(2)22-14-13-20(3)16-24(22)31-18-25-27-29(26-12-8-5-9-15-28(25)26)17-23(30)21-10-6-4-7-11-21/h4,6-7,10-11,13-14,16,19,23,30H,5,8-9,12,15,17-18H2,1-3H3/q+1/t23-/m0/s1. The first-order chi connectivity index (χ1) is 15.0. The highest BCUT2D eigenvalue weighted by Crippen LogP contribution is 2.28. The number of aliphatic hydroxyl groups excluding tert-OH is 1. The van der Waals surface area contributed by atoms with Crippen molar-refractivity contribution >= 4 is 0 Å². The van der Waals surface area contributed by atoms with E-state index in [1.807, 2.05) is 35.0 Å². The molecule has 31 heavy (non-hydrogen) atoms. The average molecular weight is 421 g/mol. The lowest BCUT2D eigenvalue weighted by Gasteiger charge is -2.13. The first kappa shape index (κ1) is 21.6. The Morgan fingerprint density at radius 2 is 1.90 bits per heavy atom. The molecule has 0 unspecified atom stereocenters. The van der Waals surface area contributed by atoms with E-state index in [1.54, 1.807) is 0 Å². The van der Waals surface area contributed by atoms with Gasteiger partial charge in [0.25, 0.3) is 0 Å². The first-order valence-corrected chi connectivity index (χ1v) is 11.5. The molecule has 1 aliphatic heterocycles. The molecule has 0 spiro atoms. The number of aryl methyl sites for hydroxylation is 1. The summed E-state index contributed by atoms with van der Waals surface area (Å²) in [5, 5.41) is 15.7. The Morgan fingerprint density at radius 3 is 2.68 bits per heavy atom. The highest BCUT2D eigenvalue weighted by atomic mass is 16.5. The van der Waals surface area contributed by atoms with E-state index in [2.05, 4.69) is 43.5 Å². The number of benzene rings is 2. The van der Waals surface area contributed by atoms with Crippen molar-refractivity contribution < 1.29 is 14.4 Å². The highest BCUT2D eigenvalue weighted by molar-refractivity contribution is 5.39. The summed E-state index contributed by atoms with van der Waals surface area (Å²) >= 11 is 0. The monoisotopic (exact) mass is 420 g/mol. The second-order valence-electron chi connectivity index (χ2n) is 8.89. The minimum atomic E-state index is -0.577. The van der Waals surface area contributed by atoms with Gasteiger partial charge in [-0.3, -0.25) is 0 Å². The van der Waals surface area contributed by atoms with E-state index in [9.17, 15) is 5.11 Å². The topological polar surface area (TPSA) is 51.2 Å². The number of aliphatic hydroxyl groups is 1. The zero-order valence-corrected chi connectivity index (χ0v) is 18.9. The summed E-state index contributed by atoms with van der Waals surface area (Å²) in [6.45, 7) is 8.33. The van der Waals surface area contributed by atoms with Crippen LogP contribution in [0.1, 0.15) is 73.5 Å². The Bertz CT molecular complexity index is 1010. The molecule has 1 aliphatic rings. The normalized spacial score (nSPS) is 14.9. The van der Waals surface area contributed by atoms with Gasteiger partial charge in [-0.2, -0.15) is 0 Å². The molecule has 0 amide bonds. The fourth-order valence-electron chi connectivity index (χ4n) is 4.37. The number of aromatic nitrogens is 3. The van der Waals surface area contributed by atoms with Gasteiger partial charge in [0.2, 0.25) is 5.82 Å². The Balaban J connectivity index is 1.59. The Kier molecular flexibility index (Phi) is 6.71. The summed E-state index contributed by atoms with van der Waals surface area (Å²) in [7, 11) is 0. The summed E-state index contributed by atoms with van der Waals surface area (Å²) in [6, 6.07) is 16.3. The van der Waals surface area contributed by atoms with Crippen LogP contribution in [0.25, 0.3) is 0 Å². The summed E-state index contributed by atoms with van der Waals surface area (Å²) in [5.41, 5.74) is 3.34. The molecule has 1 atom stereocenters. The maximum Gasteiger partial charge on any atom is 0.315 e. The number of fused-ring (bicyclic) bond motifs is 1. The SMILES string of the molecule is Cc1ccc(C(C)C)c(OCc2nn(C[C@H](O)c3ccccc3)c3[n+]2CCCCC3)c1. The second kappa shape index (κ2) is 9.65. The van der Waals surface area contributed by atoms with Crippen LogP contribution in [-0.2, 0) is 26.1 Å². The van der Waals surface area contributed by atoms with E-state index < -0.39 is 6.10 Å². The van der Waals surface area contributed by atoms with Gasteiger partial charge in [0.05, 0.1) is 6.54 Å². The maximum atomic E-state index is 10.8. The van der Waals surface area contributed by atoms with E-state index >= 15 is 0 Å². The molecule has 1 aromatic heterocycles. The van der Waals surface area contributed by atoms with Crippen LogP contribution in [0.15, 0.2) is 48.5 Å². The van der Waals surface area contributed by atoms with Gasteiger partial charge in [-0.15, -0.1) is 4.68 Å². The van der Waals surface area contributed by atoms with E-state index in [-0.39, 0.29) is 0 Å². The Morgan fingerprint density at radius 1 is 1.10 bits per heavy atom. The van der Waals surface area contributed by atoms with Crippen molar-refractivity contribution in [3.63, 3.8) is 0 Å². The molecule has 0 saturated carbocycles. The van der Waals surface area contributed by atoms with Gasteiger partial charge in [0.15, 0.2) is 6.61 Å². The zero-order valence-electron chi connectivity index (χ0n) is 18.9. The molecule has 0 bridgehead atoms. The van der Waals surface area contributed by atoms with Crippen LogP contribution in [0, 0.1) is 6.92 Å². The van der Waals surface area contributed by atoms with Crippen LogP contribution >= 0.6 is 0 Å². The quantitative estimate of drug-likeness (QED) is 0.567. The highest BCUT2D eigenvalue weighted by Gasteiger charge is 2.29. The molecule has 0 radical (unpaired) electrons. The molecule has 0 saturated heterocycles. The van der Waals surface area contributed by atoms with Crippen molar-refractivity contribution in [3.8, 4) is 5.75 Å². The smallest absolute Gasteiger partial charge is 0.315 e. The van der Waals surface area contributed by atoms with Crippen molar-refractivity contribution in [2.75, 3.05) is 0 Å². The zero-order chi connectivity index (χ0) is 21.8. The van der Waals surface area contributed by atoms with Gasteiger partial charge < -0.3 is 9.84 Å². The van der Waals surface area contributed by atoms with Crippen molar-refractivity contribution in [1.82, 2.24) is 9.78 Å². The van der Waals surface area contributed by atoms with Crippen molar-refractivity contribution in [2.24, 2.45) is 0 Å². The fourth-order valence-corrected chi connectivity index (χ4v) is 4.37. The Labute approximate surface area is 185 Å². The molecule has 2 heterocycles. The van der Waals surface area contributed by atoms with Crippen LogP contribution < -0.4 is 9.30 Å². The molecular weight excluding hydrogens is 386 g/mol. The second-order valence-corrected chi connectivity index (χ2v) is 8.89. The van der Waals surface area contributed by atoms with E-state index in [4.69, 9.17) is 9.84 Å². The molecule has 5 nitrogen and oxygen atoms in total. The predicted molar refractivity (Wildman–Crippen MR) is 121 cm³/mol. The van der Waals surface area contributed by atoms with Gasteiger partial charge in [-0.1, -0.05) is 56.3 Å². The minimum Gasteiger partial charge on any atom is -0.482 e. The van der Waals surface area contributed by atoms with Crippen molar-refractivity contribution in [3.05, 3.63) is 76.9 Å². The summed E-state index contributed by atoms with van der Waals surface area (Å²) in [5.74, 6) is 3.48. The third-order valence-electron chi connectivity index (χ3n) is 6.12. The van der Waals surface area contributed by atoms with E-state index in [0.717, 1.165) is 42.9 Å². The van der Waals surface area contributed by atoms with Crippen LogP contribution in [0.4, 0.5) is 0 Å². The number of nitrogens with zero attached hydrogens (tertiary/aromatic N) is 3. The van der Waals surface area contributed by atoms with Crippen molar-refractivity contribution in [2.45, 2.75) is 78.2 Å². The summed E-state index contributed by atoms with van der Waals surface area (Å²) in [6.07, 6.45) is 3.93. The fraction of sp³-hybridized carbons (Fsp3) is 0.462. The van der Waals surface area contributed by atoms with Gasteiger partial charge in [0.1, 0.15) is 18.4 Å². The molecule has 4 rings (SSSR count). The molecule has 1 N–H and O–H groups in total. The number of rotatable bonds is 7. The minimum absolute atomic E-state index is 0.402. The molecular formula is C26H34N3O2+. The lowest BCUT2D eigenvalue weighted by atomic mass is 10.0. The third kappa shape index (κ3) is 4.99. The molecule has 5 heteroatoms. The van der Waals surface area contributed by atoms with E-state index in [0.29, 0.717) is 19.1 Å². The summed E-state index contributed by atoms with van der Waals surface area (Å²) < 4.78 is 10.6. The number of hydrogen-bond acceptors (Lipinski definition) is 3. The maximum absolute atomic E-state index is 10.8. The molecule has 0 aliphatic carbocycles. The number of ether oxygens (including phenoxy) is 1. The van der Waals surface area contributed by atoms with Gasteiger partial charge in [0, 0.05) is 11.5 Å². The first-order valence-electron chi connectivity index (χ1n) is 11.5. The molecule has 2 aromatic carbocycles. The third-order valence-corrected chi connectivity index (χ3v) is 6.12. The lowest BCUT2D eigenvalue weighted by Crippen LogP contribution is -2.41. The largest absolute Gasteiger partial charge is 0.482 e. The van der Waals surface area contributed by atoms with Gasteiger partial charge in [-0.25, -0.2) is 4.57 Å². The molecule has 3 aromatic rings. The average Bonchev–Trinajstić information content (AvgIpc) is 2.92. The van der Waals surface area contributed by atoms with Crippen molar-refractivity contribution in [1.29, 1.82) is 0 Å². The van der Waals surface area contributed by atoms with Gasteiger partial charge in [-0.05, 0) is 54.9 Å². The number of hydrogen-bond donors (Lipinski definition) is 1. The molecule has 164 valence electrons. The van der Waals surface area contributed by atoms with E-state index in [1.165, 1.54) is 23.4 Å². The van der Waals surface area contributed by atoms with Crippen LogP contribution in [0.2, 0.25) is 0 Å². The van der Waals surface area contributed by atoms with Crippen LogP contribution in [0.5, 0.6) is 5.75 Å². The van der Waals surface area contributed by atoms with Gasteiger partial charge >= 0.3 is 5.82 Å². The predicted octanol–water partition coefficient (Wildman–Crippen LogP) is 4.64. The summed E-state index contributed by atoms with van der Waals surface area (Å²) in [4.78, 5) is 0. The van der Waals surface area contributed by atoms with Crippen LogP contribution in [-0.4, -0.2) is 14.9 Å². The Hall–Kier alpha value is -2.66. The van der Waals surface area contributed by atoms with Crippen LogP contribution in [0.3, 0.4) is 0 Å². The lowest BCUT2D eigenvalue weighted by molar-refractivity contribution is -0.712. The molecule has 0 fully saturated rings.